The van der Waals surface area contributed by atoms with Crippen LogP contribution in [0.4, 0.5) is 11.5 Å². The minimum atomic E-state index is 0.627. The van der Waals surface area contributed by atoms with Gasteiger partial charge in [-0.2, -0.15) is 0 Å². The summed E-state index contributed by atoms with van der Waals surface area (Å²) in [5, 5.41) is 3.28. The Hall–Kier alpha value is -1.29. The molecule has 1 aromatic rings. The number of hydrogen-bond acceptors (Lipinski definition) is 4. The van der Waals surface area contributed by atoms with E-state index in [1.54, 1.807) is 6.20 Å². The fourth-order valence-electron chi connectivity index (χ4n) is 0.941. The molecule has 0 aliphatic carbocycles. The number of pyridine rings is 1. The van der Waals surface area contributed by atoms with Crippen molar-refractivity contribution in [3.63, 3.8) is 0 Å². The van der Waals surface area contributed by atoms with Crippen molar-refractivity contribution in [1.29, 1.82) is 0 Å². The summed E-state index contributed by atoms with van der Waals surface area (Å²) >= 11 is 0. The lowest BCUT2D eigenvalue weighted by molar-refractivity contribution is 0.689. The highest BCUT2D eigenvalue weighted by Crippen LogP contribution is 2.10. The van der Waals surface area contributed by atoms with Crippen LogP contribution in [0.5, 0.6) is 0 Å². The Morgan fingerprint density at radius 1 is 1.54 bits per heavy atom. The van der Waals surface area contributed by atoms with Crippen LogP contribution in [-0.2, 0) is 0 Å². The Labute approximate surface area is 78.5 Å². The summed E-state index contributed by atoms with van der Waals surface area (Å²) < 4.78 is 0. The summed E-state index contributed by atoms with van der Waals surface area (Å²) in [6.07, 6.45) is 1.72. The number of hydrogen-bond donors (Lipinski definition) is 3. The molecule has 0 atom stereocenters. The lowest BCUT2D eigenvalue weighted by Gasteiger charge is -2.09. The highest BCUT2D eigenvalue weighted by atomic mass is 15.2. The molecule has 0 amide bonds. The summed E-state index contributed by atoms with van der Waals surface area (Å²) in [5.74, 6) is 6.54. The van der Waals surface area contributed by atoms with Crippen molar-refractivity contribution >= 4 is 11.5 Å². The number of nitrogen functional groups attached to an aromatic ring is 1. The first-order chi connectivity index (χ1) is 6.22. The predicted molar refractivity (Wildman–Crippen MR) is 55.4 cm³/mol. The first-order valence-electron chi connectivity index (χ1n) is 4.39. The van der Waals surface area contributed by atoms with E-state index in [4.69, 9.17) is 5.84 Å². The van der Waals surface area contributed by atoms with Gasteiger partial charge in [-0.1, -0.05) is 13.8 Å². The maximum Gasteiger partial charge on any atom is 0.141 e. The molecule has 0 radical (unpaired) electrons. The molecule has 0 saturated carbocycles. The van der Waals surface area contributed by atoms with Crippen molar-refractivity contribution in [2.75, 3.05) is 17.3 Å². The van der Waals surface area contributed by atoms with Crippen LogP contribution in [0.3, 0.4) is 0 Å². The van der Waals surface area contributed by atoms with E-state index in [1.165, 1.54) is 0 Å². The number of nitrogens with two attached hydrogens (primary N) is 1. The molecule has 0 bridgehead atoms. The van der Waals surface area contributed by atoms with Gasteiger partial charge in [-0.05, 0) is 12.0 Å². The molecule has 4 heteroatoms. The van der Waals surface area contributed by atoms with Gasteiger partial charge in [0.1, 0.15) is 5.82 Å². The Kier molecular flexibility index (Phi) is 3.52. The van der Waals surface area contributed by atoms with E-state index in [-0.39, 0.29) is 0 Å². The van der Waals surface area contributed by atoms with Crippen molar-refractivity contribution in [1.82, 2.24) is 4.98 Å². The molecule has 1 heterocycles. The first kappa shape index (κ1) is 9.80. The topological polar surface area (TPSA) is 63.0 Å². The molecule has 1 rings (SSSR count). The fourth-order valence-corrected chi connectivity index (χ4v) is 0.941. The van der Waals surface area contributed by atoms with Gasteiger partial charge in [-0.15, -0.1) is 0 Å². The zero-order chi connectivity index (χ0) is 9.68. The van der Waals surface area contributed by atoms with Crippen LogP contribution in [0.25, 0.3) is 0 Å². The standard InChI is InChI=1S/C9H16N4/c1-7(2)6-12-8-3-4-11-9(5-8)13-10/h3-5,7H,6,10H2,1-2H3,(H2,11,12,13). The molecule has 4 nitrogen and oxygen atoms in total. The van der Waals surface area contributed by atoms with Crippen molar-refractivity contribution in [2.45, 2.75) is 13.8 Å². The van der Waals surface area contributed by atoms with Gasteiger partial charge in [0.25, 0.3) is 0 Å². The SMILES string of the molecule is CC(C)CNc1ccnc(NN)c1. The van der Waals surface area contributed by atoms with Gasteiger partial charge in [-0.3, -0.25) is 0 Å². The average Bonchev–Trinajstić information content (AvgIpc) is 2.15. The zero-order valence-electron chi connectivity index (χ0n) is 8.04. The van der Waals surface area contributed by atoms with Crippen LogP contribution >= 0.6 is 0 Å². The largest absolute Gasteiger partial charge is 0.385 e. The lowest BCUT2D eigenvalue weighted by Crippen LogP contribution is -2.11. The molecule has 0 spiro atoms. The van der Waals surface area contributed by atoms with Crippen LogP contribution in [0, 0.1) is 5.92 Å². The molecular weight excluding hydrogens is 164 g/mol. The van der Waals surface area contributed by atoms with Crippen molar-refractivity contribution in [3.8, 4) is 0 Å². The van der Waals surface area contributed by atoms with E-state index < -0.39 is 0 Å². The number of nitrogens with zero attached hydrogens (tertiary/aromatic N) is 1. The maximum atomic E-state index is 5.23. The summed E-state index contributed by atoms with van der Waals surface area (Å²) in [5.41, 5.74) is 3.54. The molecule has 0 aliphatic heterocycles. The van der Waals surface area contributed by atoms with Crippen LogP contribution in [-0.4, -0.2) is 11.5 Å². The minimum absolute atomic E-state index is 0.627. The minimum Gasteiger partial charge on any atom is -0.385 e. The Morgan fingerprint density at radius 3 is 2.92 bits per heavy atom. The van der Waals surface area contributed by atoms with Crippen LogP contribution in [0.2, 0.25) is 0 Å². The van der Waals surface area contributed by atoms with E-state index in [2.05, 4.69) is 29.6 Å². The van der Waals surface area contributed by atoms with Crippen molar-refractivity contribution < 1.29 is 0 Å². The number of nitrogens with one attached hydrogen (secondary N) is 2. The van der Waals surface area contributed by atoms with Gasteiger partial charge >= 0.3 is 0 Å². The number of rotatable bonds is 4. The summed E-state index contributed by atoms with van der Waals surface area (Å²) in [6, 6.07) is 3.80. The third kappa shape index (κ3) is 3.29. The third-order valence-electron chi connectivity index (χ3n) is 1.62. The van der Waals surface area contributed by atoms with Crippen molar-refractivity contribution in [3.05, 3.63) is 18.3 Å². The normalized spacial score (nSPS) is 10.2. The van der Waals surface area contributed by atoms with E-state index in [1.807, 2.05) is 12.1 Å². The van der Waals surface area contributed by atoms with Gasteiger partial charge in [0.2, 0.25) is 0 Å². The van der Waals surface area contributed by atoms with Gasteiger partial charge in [-0.25, -0.2) is 10.8 Å². The fraction of sp³-hybridized carbons (Fsp3) is 0.444. The monoisotopic (exact) mass is 180 g/mol. The van der Waals surface area contributed by atoms with Gasteiger partial charge in [0.05, 0.1) is 0 Å². The number of hydrazine groups is 1. The van der Waals surface area contributed by atoms with E-state index >= 15 is 0 Å². The third-order valence-corrected chi connectivity index (χ3v) is 1.62. The van der Waals surface area contributed by atoms with Gasteiger partial charge in [0.15, 0.2) is 0 Å². The van der Waals surface area contributed by atoms with E-state index in [0.717, 1.165) is 12.2 Å². The van der Waals surface area contributed by atoms with Crippen LogP contribution in [0.1, 0.15) is 13.8 Å². The number of aromatic nitrogens is 1. The highest BCUT2D eigenvalue weighted by molar-refractivity contribution is 5.51. The Bertz CT molecular complexity index is 260. The molecule has 72 valence electrons. The van der Waals surface area contributed by atoms with Gasteiger partial charge < -0.3 is 10.7 Å². The summed E-state index contributed by atoms with van der Waals surface area (Å²) in [7, 11) is 0. The molecule has 0 saturated heterocycles. The molecule has 0 aliphatic rings. The van der Waals surface area contributed by atoms with Crippen LogP contribution in [0.15, 0.2) is 18.3 Å². The zero-order valence-corrected chi connectivity index (χ0v) is 8.04. The lowest BCUT2D eigenvalue weighted by atomic mass is 10.2. The molecule has 0 aromatic carbocycles. The van der Waals surface area contributed by atoms with E-state index in [9.17, 15) is 0 Å². The second kappa shape index (κ2) is 4.67. The molecule has 0 fully saturated rings. The van der Waals surface area contributed by atoms with E-state index in [0.29, 0.717) is 11.7 Å². The first-order valence-corrected chi connectivity index (χ1v) is 4.39. The number of anilines is 2. The second-order valence-electron chi connectivity index (χ2n) is 3.35. The summed E-state index contributed by atoms with van der Waals surface area (Å²) in [6.45, 7) is 5.28. The smallest absolute Gasteiger partial charge is 0.141 e. The maximum absolute atomic E-state index is 5.23. The molecule has 1 aromatic heterocycles. The Balaban J connectivity index is 2.56. The average molecular weight is 180 g/mol. The molecule has 0 unspecified atom stereocenters. The van der Waals surface area contributed by atoms with Gasteiger partial charge in [0, 0.05) is 24.5 Å². The molecular formula is C9H16N4. The molecule has 4 N–H and O–H groups in total. The second-order valence-corrected chi connectivity index (χ2v) is 3.35. The predicted octanol–water partition coefficient (Wildman–Crippen LogP) is 1.44. The summed E-state index contributed by atoms with van der Waals surface area (Å²) in [4.78, 5) is 4.01. The molecule has 13 heavy (non-hydrogen) atoms. The quantitative estimate of drug-likeness (QED) is 0.484. The Morgan fingerprint density at radius 2 is 2.31 bits per heavy atom. The highest BCUT2D eigenvalue weighted by Gasteiger charge is 1.96. The van der Waals surface area contributed by atoms with Crippen molar-refractivity contribution in [2.24, 2.45) is 11.8 Å². The van der Waals surface area contributed by atoms with Crippen LogP contribution < -0.4 is 16.6 Å².